The van der Waals surface area contributed by atoms with Crippen LogP contribution in [-0.2, 0) is 20.7 Å². The highest BCUT2D eigenvalue weighted by molar-refractivity contribution is 5.97. The number of hydrogen-bond acceptors (Lipinski definition) is 7. The number of ketones is 1. The third-order valence-corrected chi connectivity index (χ3v) is 3.44. The maximum Gasteiger partial charge on any atom is 0.347 e. The van der Waals surface area contributed by atoms with Crippen LogP contribution < -0.4 is 15.1 Å². The lowest BCUT2D eigenvalue weighted by Crippen LogP contribution is -2.25. The van der Waals surface area contributed by atoms with E-state index in [-0.39, 0.29) is 24.0 Å². The predicted octanol–water partition coefficient (Wildman–Crippen LogP) is 2.65. The Bertz CT molecular complexity index is 887. The zero-order valence-corrected chi connectivity index (χ0v) is 15.5. The Morgan fingerprint density at radius 3 is 2.35 bits per heavy atom. The molecule has 7 nitrogen and oxygen atoms in total. The molecule has 0 saturated carbocycles. The number of carbonyl (C=O) groups is 2. The molecule has 0 aliphatic rings. The maximum atomic E-state index is 12.3. The zero-order valence-electron chi connectivity index (χ0n) is 15.5. The Labute approximate surface area is 150 Å². The number of fused-ring (bicyclic) bond motifs is 1. The molecule has 26 heavy (non-hydrogen) atoms. The number of rotatable bonds is 6. The number of ether oxygens (including phenoxy) is 3. The van der Waals surface area contributed by atoms with E-state index in [2.05, 4.69) is 0 Å². The van der Waals surface area contributed by atoms with E-state index < -0.39 is 23.0 Å². The smallest absolute Gasteiger partial charge is 0.347 e. The standard InChI is InChI=1S/C19H22O7/c1-19(2,3)26-16(21)9-12(20)8-14-7-11-6-13(23-4)10-15(24-5)17(11)18(22)25-14/h6-7,10H,8-9H2,1-5H3. The first-order chi connectivity index (χ1) is 12.1. The summed E-state index contributed by atoms with van der Waals surface area (Å²) >= 11 is 0. The molecule has 1 aromatic carbocycles. The third kappa shape index (κ3) is 4.84. The summed E-state index contributed by atoms with van der Waals surface area (Å²) in [6, 6.07) is 4.79. The maximum absolute atomic E-state index is 12.3. The molecule has 0 saturated heterocycles. The van der Waals surface area contributed by atoms with Gasteiger partial charge in [-0.25, -0.2) is 4.79 Å². The molecule has 2 rings (SSSR count). The van der Waals surface area contributed by atoms with Crippen LogP contribution in [0.4, 0.5) is 0 Å². The van der Waals surface area contributed by atoms with Gasteiger partial charge in [-0.1, -0.05) is 0 Å². The van der Waals surface area contributed by atoms with Crippen molar-refractivity contribution in [2.75, 3.05) is 14.2 Å². The molecule has 0 aliphatic carbocycles. The lowest BCUT2D eigenvalue weighted by molar-refractivity contribution is -0.156. The molecule has 0 bridgehead atoms. The summed E-state index contributed by atoms with van der Waals surface area (Å²) in [6.45, 7) is 5.16. The second-order valence-corrected chi connectivity index (χ2v) is 6.77. The highest BCUT2D eigenvalue weighted by atomic mass is 16.6. The van der Waals surface area contributed by atoms with Crippen LogP contribution in [0, 0.1) is 0 Å². The summed E-state index contributed by atoms with van der Waals surface area (Å²) in [5.41, 5.74) is -1.29. The Kier molecular flexibility index (Phi) is 5.69. The van der Waals surface area contributed by atoms with Crippen molar-refractivity contribution >= 4 is 22.5 Å². The molecule has 2 aromatic rings. The van der Waals surface area contributed by atoms with Crippen LogP contribution in [0.1, 0.15) is 33.0 Å². The van der Waals surface area contributed by atoms with Gasteiger partial charge in [0.1, 0.15) is 34.7 Å². The van der Waals surface area contributed by atoms with Crippen LogP contribution in [0.25, 0.3) is 10.8 Å². The fourth-order valence-corrected chi connectivity index (χ4v) is 2.48. The van der Waals surface area contributed by atoms with Gasteiger partial charge in [-0.15, -0.1) is 0 Å². The highest BCUT2D eigenvalue weighted by Gasteiger charge is 2.20. The number of methoxy groups -OCH3 is 2. The first-order valence-corrected chi connectivity index (χ1v) is 8.05. The number of esters is 1. The van der Waals surface area contributed by atoms with Crippen molar-refractivity contribution < 1.29 is 28.2 Å². The first-order valence-electron chi connectivity index (χ1n) is 8.05. The second kappa shape index (κ2) is 7.59. The minimum Gasteiger partial charge on any atom is -0.497 e. The lowest BCUT2D eigenvalue weighted by atomic mass is 10.1. The zero-order chi connectivity index (χ0) is 19.5. The van der Waals surface area contributed by atoms with Crippen LogP contribution in [0.2, 0.25) is 0 Å². The van der Waals surface area contributed by atoms with E-state index in [0.717, 1.165) is 0 Å². The van der Waals surface area contributed by atoms with Gasteiger partial charge in [0.25, 0.3) is 0 Å². The average molecular weight is 362 g/mol. The Balaban J connectivity index is 2.27. The molecule has 0 unspecified atom stereocenters. The van der Waals surface area contributed by atoms with Crippen LogP contribution >= 0.6 is 0 Å². The topological polar surface area (TPSA) is 92.0 Å². The number of carbonyl (C=O) groups excluding carboxylic acids is 2. The first kappa shape index (κ1) is 19.5. The summed E-state index contributed by atoms with van der Waals surface area (Å²) in [7, 11) is 2.93. The molecule has 0 amide bonds. The van der Waals surface area contributed by atoms with Crippen molar-refractivity contribution in [1.29, 1.82) is 0 Å². The molecule has 1 heterocycles. The molecule has 0 aliphatic heterocycles. The Morgan fingerprint density at radius 1 is 1.08 bits per heavy atom. The molecule has 1 aromatic heterocycles. The summed E-state index contributed by atoms with van der Waals surface area (Å²) in [5.74, 6) is -0.0392. The van der Waals surface area contributed by atoms with Crippen molar-refractivity contribution in [2.24, 2.45) is 0 Å². The molecular formula is C19H22O7. The van der Waals surface area contributed by atoms with Crippen molar-refractivity contribution in [3.63, 3.8) is 0 Å². The van der Waals surface area contributed by atoms with Gasteiger partial charge in [0.05, 0.1) is 20.6 Å². The predicted molar refractivity (Wildman–Crippen MR) is 94.8 cm³/mol. The van der Waals surface area contributed by atoms with E-state index in [0.29, 0.717) is 16.9 Å². The van der Waals surface area contributed by atoms with Gasteiger partial charge in [0.15, 0.2) is 5.78 Å². The molecule has 0 spiro atoms. The molecule has 0 atom stereocenters. The van der Waals surface area contributed by atoms with Crippen LogP contribution in [0.3, 0.4) is 0 Å². The van der Waals surface area contributed by atoms with Crippen molar-refractivity contribution in [1.82, 2.24) is 0 Å². The van der Waals surface area contributed by atoms with Crippen molar-refractivity contribution in [3.8, 4) is 11.5 Å². The van der Waals surface area contributed by atoms with Gasteiger partial charge < -0.3 is 18.6 Å². The van der Waals surface area contributed by atoms with Crippen LogP contribution in [0.5, 0.6) is 11.5 Å². The molecule has 7 heteroatoms. The number of benzene rings is 1. The summed E-state index contributed by atoms with van der Waals surface area (Å²) in [5, 5.41) is 0.786. The summed E-state index contributed by atoms with van der Waals surface area (Å²) in [6.07, 6.45) is -0.579. The number of Topliss-reactive ketones (excluding diaryl/α,β-unsaturated/α-hetero) is 1. The third-order valence-electron chi connectivity index (χ3n) is 3.44. The Morgan fingerprint density at radius 2 is 1.77 bits per heavy atom. The fraction of sp³-hybridized carbons (Fsp3) is 0.421. The van der Waals surface area contributed by atoms with E-state index >= 15 is 0 Å². The Hall–Kier alpha value is -2.83. The normalized spacial score (nSPS) is 11.3. The second-order valence-electron chi connectivity index (χ2n) is 6.77. The quantitative estimate of drug-likeness (QED) is 0.576. The van der Waals surface area contributed by atoms with E-state index in [1.54, 1.807) is 39.0 Å². The monoisotopic (exact) mass is 362 g/mol. The van der Waals surface area contributed by atoms with Gasteiger partial charge >= 0.3 is 11.6 Å². The van der Waals surface area contributed by atoms with Gasteiger partial charge in [-0.3, -0.25) is 9.59 Å². The van der Waals surface area contributed by atoms with Crippen LogP contribution in [0.15, 0.2) is 27.4 Å². The molecule has 0 fully saturated rings. The van der Waals surface area contributed by atoms with Gasteiger partial charge in [0, 0.05) is 6.07 Å². The SMILES string of the molecule is COc1cc(OC)c2c(=O)oc(CC(=O)CC(=O)OC(C)(C)C)cc2c1. The molecular weight excluding hydrogens is 340 g/mol. The van der Waals surface area contributed by atoms with E-state index in [4.69, 9.17) is 18.6 Å². The van der Waals surface area contributed by atoms with Gasteiger partial charge in [-0.05, 0) is 38.3 Å². The summed E-state index contributed by atoms with van der Waals surface area (Å²) < 4.78 is 20.7. The van der Waals surface area contributed by atoms with Gasteiger partial charge in [-0.2, -0.15) is 0 Å². The largest absolute Gasteiger partial charge is 0.497 e. The van der Waals surface area contributed by atoms with E-state index in [9.17, 15) is 14.4 Å². The van der Waals surface area contributed by atoms with Crippen LogP contribution in [-0.4, -0.2) is 31.6 Å². The number of hydrogen-bond donors (Lipinski definition) is 0. The van der Waals surface area contributed by atoms with Gasteiger partial charge in [0.2, 0.25) is 0 Å². The summed E-state index contributed by atoms with van der Waals surface area (Å²) in [4.78, 5) is 36.1. The lowest BCUT2D eigenvalue weighted by Gasteiger charge is -2.19. The molecule has 140 valence electrons. The average Bonchev–Trinajstić information content (AvgIpc) is 2.51. The molecule has 0 radical (unpaired) electrons. The van der Waals surface area contributed by atoms with E-state index in [1.165, 1.54) is 14.2 Å². The van der Waals surface area contributed by atoms with Crippen molar-refractivity contribution in [3.05, 3.63) is 34.4 Å². The molecule has 0 N–H and O–H groups in total. The van der Waals surface area contributed by atoms with Crippen molar-refractivity contribution in [2.45, 2.75) is 39.2 Å². The minimum absolute atomic E-state index is 0.159. The van der Waals surface area contributed by atoms with E-state index in [1.807, 2.05) is 0 Å². The fourth-order valence-electron chi connectivity index (χ4n) is 2.48. The minimum atomic E-state index is -0.667. The highest BCUT2D eigenvalue weighted by Crippen LogP contribution is 2.29.